The Balaban J connectivity index is 1.45. The molecule has 2 saturated heterocycles. The number of halogens is 1. The average Bonchev–Trinajstić information content (AvgIpc) is 2.69. The van der Waals surface area contributed by atoms with Gasteiger partial charge in [0.05, 0.1) is 10.8 Å². The van der Waals surface area contributed by atoms with Crippen LogP contribution >= 0.6 is 0 Å². The van der Waals surface area contributed by atoms with Crippen molar-refractivity contribution in [3.05, 3.63) is 35.8 Å². The van der Waals surface area contributed by atoms with Crippen LogP contribution in [-0.4, -0.2) is 55.3 Å². The summed E-state index contributed by atoms with van der Waals surface area (Å²) >= 11 is 0. The Bertz CT molecular complexity index is 953. The smallest absolute Gasteiger partial charge is 0.217 e. The van der Waals surface area contributed by atoms with Crippen molar-refractivity contribution < 1.29 is 17.5 Å². The fourth-order valence-corrected chi connectivity index (χ4v) is 6.04. The lowest BCUT2D eigenvalue weighted by Crippen LogP contribution is -2.47. The molecule has 0 spiro atoms. The maximum absolute atomic E-state index is 13.7. The molecule has 2 aromatic rings. The normalized spacial score (nSPS) is 20.5. The molecule has 0 atom stereocenters. The summed E-state index contributed by atoms with van der Waals surface area (Å²) in [5.74, 6) is -0.293. The maximum atomic E-state index is 13.7. The van der Waals surface area contributed by atoms with Crippen LogP contribution in [0.4, 0.5) is 10.1 Å². The Hall–Kier alpha value is -1.77. The van der Waals surface area contributed by atoms with E-state index in [1.54, 1.807) is 10.4 Å². The average molecular weight is 408 g/mol. The van der Waals surface area contributed by atoms with Crippen molar-refractivity contribution in [2.45, 2.75) is 43.9 Å². The van der Waals surface area contributed by atoms with E-state index in [0.29, 0.717) is 39.1 Å². The number of sulfonamides is 1. The Labute approximate surface area is 165 Å². The Morgan fingerprint density at radius 1 is 1.14 bits per heavy atom. The predicted octanol–water partition coefficient (Wildman–Crippen LogP) is 3.07. The van der Waals surface area contributed by atoms with Crippen molar-refractivity contribution in [2.24, 2.45) is 0 Å². The van der Waals surface area contributed by atoms with Gasteiger partial charge in [0, 0.05) is 49.1 Å². The number of nitrogens with one attached hydrogen (secondary N) is 1. The number of hydrogen-bond donors (Lipinski definition) is 1. The summed E-state index contributed by atoms with van der Waals surface area (Å²) in [7, 11) is -3.26. The van der Waals surface area contributed by atoms with E-state index in [-0.39, 0.29) is 17.1 Å². The monoisotopic (exact) mass is 407 g/mol. The van der Waals surface area contributed by atoms with E-state index < -0.39 is 10.0 Å². The summed E-state index contributed by atoms with van der Waals surface area (Å²) in [4.78, 5) is 4.46. The highest BCUT2D eigenvalue weighted by Gasteiger charge is 2.35. The summed E-state index contributed by atoms with van der Waals surface area (Å²) in [6, 6.07) is 6.67. The molecule has 6 nitrogen and oxygen atoms in total. The number of hydrogen-bond acceptors (Lipinski definition) is 5. The van der Waals surface area contributed by atoms with Crippen LogP contribution < -0.4 is 5.32 Å². The van der Waals surface area contributed by atoms with Gasteiger partial charge in [0.1, 0.15) is 5.82 Å². The number of rotatable bonds is 4. The van der Waals surface area contributed by atoms with Gasteiger partial charge in [-0.15, -0.1) is 0 Å². The van der Waals surface area contributed by atoms with Crippen LogP contribution in [0.15, 0.2) is 24.3 Å². The lowest BCUT2D eigenvalue weighted by Gasteiger charge is -2.35. The minimum atomic E-state index is -3.26. The third-order valence-electron chi connectivity index (χ3n) is 5.66. The molecule has 2 aliphatic rings. The molecule has 3 heterocycles. The number of pyridine rings is 1. The van der Waals surface area contributed by atoms with E-state index in [1.807, 2.05) is 13.0 Å². The van der Waals surface area contributed by atoms with Gasteiger partial charge in [0.25, 0.3) is 0 Å². The summed E-state index contributed by atoms with van der Waals surface area (Å²) in [5.41, 5.74) is 2.47. The Morgan fingerprint density at radius 2 is 1.86 bits per heavy atom. The second kappa shape index (κ2) is 7.93. The van der Waals surface area contributed by atoms with E-state index in [1.165, 1.54) is 12.1 Å². The molecule has 1 N–H and O–H groups in total. The molecule has 28 heavy (non-hydrogen) atoms. The number of anilines is 1. The highest BCUT2D eigenvalue weighted by atomic mass is 32.2. The lowest BCUT2D eigenvalue weighted by atomic mass is 10.1. The summed E-state index contributed by atoms with van der Waals surface area (Å²) in [6.45, 7) is 3.97. The molecule has 8 heteroatoms. The highest BCUT2D eigenvalue weighted by molar-refractivity contribution is 7.89. The molecule has 2 fully saturated rings. The standard InChI is InChI=1S/C20H26FN3O3S/c1-14-12-20(18-13-15(21)2-3-19(18)22-14)23-16-4-8-24(9-5-16)28(25,26)17-6-10-27-11-7-17/h2-3,12-13,16-17H,4-11H2,1H3,(H,22,23). The fourth-order valence-electron chi connectivity index (χ4n) is 4.11. The van der Waals surface area contributed by atoms with Crippen LogP contribution in [0.1, 0.15) is 31.4 Å². The van der Waals surface area contributed by atoms with Gasteiger partial charge >= 0.3 is 0 Å². The molecular weight excluding hydrogens is 381 g/mol. The number of ether oxygens (including phenoxy) is 1. The minimum absolute atomic E-state index is 0.148. The van der Waals surface area contributed by atoms with Crippen LogP contribution in [-0.2, 0) is 14.8 Å². The molecule has 4 rings (SSSR count). The van der Waals surface area contributed by atoms with Crippen LogP contribution in [0.5, 0.6) is 0 Å². The predicted molar refractivity (Wildman–Crippen MR) is 107 cm³/mol. The Kier molecular flexibility index (Phi) is 5.53. The molecule has 0 aliphatic carbocycles. The SMILES string of the molecule is Cc1cc(NC2CCN(S(=O)(=O)C3CCOCC3)CC2)c2cc(F)ccc2n1. The van der Waals surface area contributed by atoms with Gasteiger partial charge in [-0.1, -0.05) is 0 Å². The van der Waals surface area contributed by atoms with Gasteiger partial charge in [0.2, 0.25) is 10.0 Å². The van der Waals surface area contributed by atoms with Gasteiger partial charge in [0.15, 0.2) is 0 Å². The minimum Gasteiger partial charge on any atom is -0.382 e. The first kappa shape index (κ1) is 19.5. The van der Waals surface area contributed by atoms with Crippen LogP contribution in [0.2, 0.25) is 0 Å². The lowest BCUT2D eigenvalue weighted by molar-refractivity contribution is 0.0969. The van der Waals surface area contributed by atoms with Crippen LogP contribution in [0.25, 0.3) is 10.9 Å². The maximum Gasteiger partial charge on any atom is 0.217 e. The van der Waals surface area contributed by atoms with E-state index in [0.717, 1.165) is 35.1 Å². The van der Waals surface area contributed by atoms with E-state index in [9.17, 15) is 12.8 Å². The molecule has 0 saturated carbocycles. The number of benzene rings is 1. The highest BCUT2D eigenvalue weighted by Crippen LogP contribution is 2.28. The molecular formula is C20H26FN3O3S. The molecule has 1 aromatic heterocycles. The second-order valence-corrected chi connectivity index (χ2v) is 9.86. The van der Waals surface area contributed by atoms with E-state index in [4.69, 9.17) is 4.74 Å². The van der Waals surface area contributed by atoms with Crippen molar-refractivity contribution in [1.29, 1.82) is 0 Å². The number of nitrogens with zero attached hydrogens (tertiary/aromatic N) is 2. The summed E-state index contributed by atoms with van der Waals surface area (Å²) in [5, 5.41) is 3.93. The first-order valence-electron chi connectivity index (χ1n) is 9.83. The third kappa shape index (κ3) is 3.99. The number of aryl methyl sites for hydroxylation is 1. The zero-order valence-corrected chi connectivity index (χ0v) is 16.8. The molecule has 0 unspecified atom stereocenters. The van der Waals surface area contributed by atoms with Gasteiger partial charge in [-0.2, -0.15) is 0 Å². The molecule has 1 aromatic carbocycles. The van der Waals surface area contributed by atoms with Gasteiger partial charge < -0.3 is 10.1 Å². The first-order valence-corrected chi connectivity index (χ1v) is 11.3. The quantitative estimate of drug-likeness (QED) is 0.843. The molecule has 0 bridgehead atoms. The van der Waals surface area contributed by atoms with Crippen LogP contribution in [0, 0.1) is 12.7 Å². The van der Waals surface area contributed by atoms with Crippen molar-refractivity contribution >= 4 is 26.6 Å². The number of aromatic nitrogens is 1. The van der Waals surface area contributed by atoms with E-state index >= 15 is 0 Å². The van der Waals surface area contributed by atoms with E-state index in [2.05, 4.69) is 10.3 Å². The van der Waals surface area contributed by atoms with Crippen molar-refractivity contribution in [3.63, 3.8) is 0 Å². The van der Waals surface area contributed by atoms with Crippen molar-refractivity contribution in [2.75, 3.05) is 31.6 Å². The summed E-state index contributed by atoms with van der Waals surface area (Å²) < 4.78 is 46.4. The Morgan fingerprint density at radius 3 is 2.57 bits per heavy atom. The molecule has 2 aliphatic heterocycles. The number of piperidine rings is 1. The zero-order chi connectivity index (χ0) is 19.7. The largest absolute Gasteiger partial charge is 0.382 e. The fraction of sp³-hybridized carbons (Fsp3) is 0.550. The van der Waals surface area contributed by atoms with Crippen molar-refractivity contribution in [3.8, 4) is 0 Å². The first-order chi connectivity index (χ1) is 13.4. The zero-order valence-electron chi connectivity index (χ0n) is 16.0. The van der Waals surface area contributed by atoms with Crippen LogP contribution in [0.3, 0.4) is 0 Å². The molecule has 0 radical (unpaired) electrons. The third-order valence-corrected chi connectivity index (χ3v) is 8.06. The molecule has 152 valence electrons. The summed E-state index contributed by atoms with van der Waals surface area (Å²) in [6.07, 6.45) is 2.60. The van der Waals surface area contributed by atoms with Crippen molar-refractivity contribution in [1.82, 2.24) is 9.29 Å². The van der Waals surface area contributed by atoms with Gasteiger partial charge in [-0.25, -0.2) is 17.1 Å². The molecule has 0 amide bonds. The number of fused-ring (bicyclic) bond motifs is 1. The second-order valence-electron chi connectivity index (χ2n) is 7.65. The van der Waals surface area contributed by atoms with Gasteiger partial charge in [-0.05, 0) is 56.9 Å². The topological polar surface area (TPSA) is 71.5 Å². The van der Waals surface area contributed by atoms with Gasteiger partial charge in [-0.3, -0.25) is 4.98 Å².